The van der Waals surface area contributed by atoms with Gasteiger partial charge in [-0.05, 0) is 12.5 Å². The summed E-state index contributed by atoms with van der Waals surface area (Å²) >= 11 is 5.92. The number of aliphatic hydroxyl groups is 1. The second kappa shape index (κ2) is 5.85. The Morgan fingerprint density at radius 3 is 2.80 bits per heavy atom. The van der Waals surface area contributed by atoms with Crippen LogP contribution in [0.4, 0.5) is 0 Å². The number of hydrogen-bond donors (Lipinski definition) is 2. The fourth-order valence-corrected chi connectivity index (χ4v) is 2.72. The van der Waals surface area contributed by atoms with Crippen LogP contribution >= 0.6 is 11.6 Å². The lowest BCUT2D eigenvalue weighted by molar-refractivity contribution is -0.141. The van der Waals surface area contributed by atoms with Gasteiger partial charge in [-0.25, -0.2) is 4.79 Å². The lowest BCUT2D eigenvalue weighted by Gasteiger charge is -2.21. The molecule has 0 spiro atoms. The molecule has 2 atom stereocenters. The van der Waals surface area contributed by atoms with E-state index in [1.165, 1.54) is 11.0 Å². The monoisotopic (exact) mass is 300 g/mol. The number of β-amino-alcohol motifs (C(OH)–C–C–N with tert-alkyl or cyclic N) is 1. The third kappa shape index (κ3) is 2.81. The molecule has 2 N–H and O–H groups in total. The molecule has 2 heterocycles. The Labute approximate surface area is 121 Å². The van der Waals surface area contributed by atoms with Gasteiger partial charge in [-0.3, -0.25) is 4.79 Å². The summed E-state index contributed by atoms with van der Waals surface area (Å²) in [5.74, 6) is -1.51. The number of carbonyl (C=O) groups is 2. The molecule has 20 heavy (non-hydrogen) atoms. The first-order valence-corrected chi connectivity index (χ1v) is 6.89. The van der Waals surface area contributed by atoms with Crippen molar-refractivity contribution in [3.8, 4) is 0 Å². The molecule has 0 aliphatic carbocycles. The quantitative estimate of drug-likeness (QED) is 0.875. The zero-order valence-electron chi connectivity index (χ0n) is 11.1. The van der Waals surface area contributed by atoms with Gasteiger partial charge >= 0.3 is 5.97 Å². The van der Waals surface area contributed by atoms with Crippen LogP contribution in [-0.2, 0) is 11.3 Å². The highest BCUT2D eigenvalue weighted by Gasteiger charge is 2.40. The number of hydrogen-bond acceptors (Lipinski definition) is 3. The summed E-state index contributed by atoms with van der Waals surface area (Å²) in [4.78, 5) is 24.9. The standard InChI is InChI=1S/C13H17ClN2O4/c1-2-3-15-6-8(14)4-10(15)12(18)16-7-9(17)5-11(16)13(19)20/h4,6,9,11,17H,2-3,5,7H2,1H3,(H,19,20). The fraction of sp³-hybridized carbons (Fsp3) is 0.538. The summed E-state index contributed by atoms with van der Waals surface area (Å²) in [7, 11) is 0. The van der Waals surface area contributed by atoms with Crippen molar-refractivity contribution in [2.75, 3.05) is 6.54 Å². The van der Waals surface area contributed by atoms with E-state index in [-0.39, 0.29) is 13.0 Å². The number of carbonyl (C=O) groups excluding carboxylic acids is 1. The zero-order chi connectivity index (χ0) is 14.9. The van der Waals surface area contributed by atoms with E-state index < -0.39 is 24.0 Å². The molecule has 2 unspecified atom stereocenters. The summed E-state index contributed by atoms with van der Waals surface area (Å²) in [6.45, 7) is 2.63. The topological polar surface area (TPSA) is 82.8 Å². The number of amides is 1. The summed E-state index contributed by atoms with van der Waals surface area (Å²) in [6, 6.07) is 0.546. The van der Waals surface area contributed by atoms with E-state index in [9.17, 15) is 14.7 Å². The van der Waals surface area contributed by atoms with Gasteiger partial charge in [0.15, 0.2) is 0 Å². The van der Waals surface area contributed by atoms with E-state index in [1.807, 2.05) is 6.92 Å². The van der Waals surface area contributed by atoms with Gasteiger partial charge in [0, 0.05) is 25.7 Å². The van der Waals surface area contributed by atoms with Gasteiger partial charge in [-0.15, -0.1) is 0 Å². The summed E-state index contributed by atoms with van der Waals surface area (Å²) in [6.07, 6.45) is 1.74. The Morgan fingerprint density at radius 2 is 2.20 bits per heavy atom. The molecule has 1 fully saturated rings. The molecular formula is C13H17ClN2O4. The molecule has 1 aliphatic heterocycles. The number of carboxylic acids is 1. The molecular weight excluding hydrogens is 284 g/mol. The maximum atomic E-state index is 12.5. The van der Waals surface area contributed by atoms with Crippen molar-refractivity contribution in [1.29, 1.82) is 0 Å². The van der Waals surface area contributed by atoms with Crippen LogP contribution in [-0.4, -0.2) is 50.2 Å². The molecule has 0 saturated carbocycles. The normalized spacial score (nSPS) is 22.2. The van der Waals surface area contributed by atoms with Crippen LogP contribution in [0, 0.1) is 0 Å². The Hall–Kier alpha value is -1.53. The number of halogens is 1. The molecule has 6 nitrogen and oxygen atoms in total. The van der Waals surface area contributed by atoms with Gasteiger partial charge in [0.25, 0.3) is 5.91 Å². The van der Waals surface area contributed by atoms with Gasteiger partial charge < -0.3 is 19.7 Å². The van der Waals surface area contributed by atoms with Crippen molar-refractivity contribution >= 4 is 23.5 Å². The largest absolute Gasteiger partial charge is 0.480 e. The number of aliphatic carboxylic acids is 1. The smallest absolute Gasteiger partial charge is 0.326 e. The first-order chi connectivity index (χ1) is 9.43. The first kappa shape index (κ1) is 14.9. The molecule has 1 aromatic heterocycles. The van der Waals surface area contributed by atoms with E-state index in [1.54, 1.807) is 10.8 Å². The number of carboxylic acid groups (broad SMARTS) is 1. The van der Waals surface area contributed by atoms with E-state index in [0.29, 0.717) is 17.3 Å². The van der Waals surface area contributed by atoms with Crippen molar-refractivity contribution in [2.24, 2.45) is 0 Å². The third-order valence-corrected chi connectivity index (χ3v) is 3.58. The average Bonchev–Trinajstić information content (AvgIpc) is 2.92. The van der Waals surface area contributed by atoms with Crippen molar-refractivity contribution < 1.29 is 19.8 Å². The minimum absolute atomic E-state index is 0.0325. The lowest BCUT2D eigenvalue weighted by atomic mass is 10.2. The van der Waals surface area contributed by atoms with E-state index in [0.717, 1.165) is 6.42 Å². The van der Waals surface area contributed by atoms with Gasteiger partial charge in [-0.1, -0.05) is 18.5 Å². The summed E-state index contributed by atoms with van der Waals surface area (Å²) in [5.41, 5.74) is 0.359. The SMILES string of the molecule is CCCn1cc(Cl)cc1C(=O)N1CC(O)CC1C(=O)O. The van der Waals surface area contributed by atoms with E-state index in [2.05, 4.69) is 0 Å². The van der Waals surface area contributed by atoms with Crippen molar-refractivity contribution in [3.05, 3.63) is 23.0 Å². The van der Waals surface area contributed by atoms with Crippen LogP contribution < -0.4 is 0 Å². The summed E-state index contributed by atoms with van der Waals surface area (Å²) in [5, 5.41) is 19.2. The Morgan fingerprint density at radius 1 is 1.50 bits per heavy atom. The second-order valence-corrected chi connectivity index (χ2v) is 5.37. The van der Waals surface area contributed by atoms with Crippen LogP contribution in [0.25, 0.3) is 0 Å². The van der Waals surface area contributed by atoms with Gasteiger partial charge in [-0.2, -0.15) is 0 Å². The minimum Gasteiger partial charge on any atom is -0.480 e. The highest BCUT2D eigenvalue weighted by Crippen LogP contribution is 2.23. The molecule has 2 rings (SSSR count). The van der Waals surface area contributed by atoms with E-state index in [4.69, 9.17) is 16.7 Å². The molecule has 0 radical (unpaired) electrons. The Kier molecular flexibility index (Phi) is 4.35. The molecule has 110 valence electrons. The maximum absolute atomic E-state index is 12.5. The van der Waals surface area contributed by atoms with Crippen LogP contribution in [0.1, 0.15) is 30.3 Å². The molecule has 1 saturated heterocycles. The van der Waals surface area contributed by atoms with Crippen LogP contribution in [0.5, 0.6) is 0 Å². The Balaban J connectivity index is 2.28. The fourth-order valence-electron chi connectivity index (χ4n) is 2.50. The van der Waals surface area contributed by atoms with Crippen LogP contribution in [0.2, 0.25) is 5.02 Å². The average molecular weight is 301 g/mol. The predicted molar refractivity (Wildman–Crippen MR) is 72.8 cm³/mol. The third-order valence-electron chi connectivity index (χ3n) is 3.37. The molecule has 1 aromatic rings. The predicted octanol–water partition coefficient (Wildman–Crippen LogP) is 1.21. The van der Waals surface area contributed by atoms with Crippen LogP contribution in [0.3, 0.4) is 0 Å². The van der Waals surface area contributed by atoms with E-state index >= 15 is 0 Å². The van der Waals surface area contributed by atoms with Gasteiger partial charge in [0.1, 0.15) is 11.7 Å². The zero-order valence-corrected chi connectivity index (χ0v) is 11.9. The number of nitrogens with zero attached hydrogens (tertiary/aromatic N) is 2. The maximum Gasteiger partial charge on any atom is 0.326 e. The number of aryl methyl sites for hydroxylation is 1. The highest BCUT2D eigenvalue weighted by molar-refractivity contribution is 6.31. The van der Waals surface area contributed by atoms with Crippen molar-refractivity contribution in [2.45, 2.75) is 38.5 Å². The highest BCUT2D eigenvalue weighted by atomic mass is 35.5. The molecule has 1 amide bonds. The van der Waals surface area contributed by atoms with Crippen molar-refractivity contribution in [1.82, 2.24) is 9.47 Å². The number of rotatable bonds is 4. The minimum atomic E-state index is -1.10. The second-order valence-electron chi connectivity index (χ2n) is 4.94. The molecule has 1 aliphatic rings. The van der Waals surface area contributed by atoms with Gasteiger partial charge in [0.05, 0.1) is 11.1 Å². The van der Waals surface area contributed by atoms with Crippen molar-refractivity contribution in [3.63, 3.8) is 0 Å². The number of likely N-dealkylation sites (tertiary alicyclic amines) is 1. The first-order valence-electron chi connectivity index (χ1n) is 6.51. The number of aliphatic hydroxyl groups excluding tert-OH is 1. The molecule has 0 aromatic carbocycles. The molecule has 0 bridgehead atoms. The molecule has 7 heteroatoms. The Bertz CT molecular complexity index is 528. The number of aromatic nitrogens is 1. The van der Waals surface area contributed by atoms with Gasteiger partial charge in [0.2, 0.25) is 0 Å². The lowest BCUT2D eigenvalue weighted by Crippen LogP contribution is -2.41. The summed E-state index contributed by atoms with van der Waals surface area (Å²) < 4.78 is 1.72. The van der Waals surface area contributed by atoms with Crippen LogP contribution in [0.15, 0.2) is 12.3 Å².